The Bertz CT molecular complexity index is 166. The molecule has 1 rings (SSSR count). The van der Waals surface area contributed by atoms with Crippen LogP contribution in [0.5, 0.6) is 0 Å². The van der Waals surface area contributed by atoms with Gasteiger partial charge in [0.05, 0.1) is 0 Å². The average molecular weight is 174 g/mol. The minimum absolute atomic E-state index is 0.211. The normalized spacial score (nSPS) is 21.8. The molecule has 70 valence electrons. The highest BCUT2D eigenvalue weighted by Crippen LogP contribution is 2.42. The molecule has 12 heavy (non-hydrogen) atoms. The second kappa shape index (κ2) is 3.41. The molecule has 0 aliphatic heterocycles. The first-order valence-electron chi connectivity index (χ1n) is 3.94. The van der Waals surface area contributed by atoms with Gasteiger partial charge in [-0.2, -0.15) is 0 Å². The molecule has 4 nitrogen and oxygen atoms in total. The summed E-state index contributed by atoms with van der Waals surface area (Å²) in [5.41, 5.74) is 0. The van der Waals surface area contributed by atoms with E-state index in [-0.39, 0.29) is 12.3 Å². The molecule has 0 atom stereocenters. The molecule has 0 amide bonds. The first kappa shape index (κ1) is 9.48. The van der Waals surface area contributed by atoms with E-state index in [9.17, 15) is 4.79 Å². The number of aliphatic carboxylic acids is 1. The quantitative estimate of drug-likeness (QED) is 0.642. The molecular weight excluding hydrogens is 160 g/mol. The number of hydrogen-bond acceptors (Lipinski definition) is 3. The topological polar surface area (TPSA) is 55.8 Å². The molecule has 0 unspecified atom stereocenters. The first-order valence-corrected chi connectivity index (χ1v) is 3.94. The molecule has 1 saturated carbocycles. The molecule has 0 bridgehead atoms. The van der Waals surface area contributed by atoms with Gasteiger partial charge in [0, 0.05) is 33.5 Å². The van der Waals surface area contributed by atoms with Crippen molar-refractivity contribution in [3.05, 3.63) is 0 Å². The summed E-state index contributed by atoms with van der Waals surface area (Å²) in [7, 11) is 3.17. The molecule has 1 aliphatic carbocycles. The van der Waals surface area contributed by atoms with Gasteiger partial charge in [0.2, 0.25) is 0 Å². The number of hydrogen-bond donors (Lipinski definition) is 1. The minimum atomic E-state index is -0.749. The van der Waals surface area contributed by atoms with E-state index < -0.39 is 11.8 Å². The van der Waals surface area contributed by atoms with Gasteiger partial charge in [-0.3, -0.25) is 4.79 Å². The van der Waals surface area contributed by atoms with E-state index >= 15 is 0 Å². The Labute approximate surface area is 71.5 Å². The minimum Gasteiger partial charge on any atom is -0.481 e. The molecule has 1 fully saturated rings. The van der Waals surface area contributed by atoms with E-state index in [1.165, 1.54) is 0 Å². The molecular formula is C8H14O4. The molecule has 1 aliphatic rings. The van der Waals surface area contributed by atoms with Crippen LogP contribution in [0, 0.1) is 5.92 Å². The molecule has 0 heterocycles. The third-order valence-electron chi connectivity index (χ3n) is 2.41. The van der Waals surface area contributed by atoms with Crippen molar-refractivity contribution in [2.24, 2.45) is 5.92 Å². The van der Waals surface area contributed by atoms with Crippen molar-refractivity contribution in [3.63, 3.8) is 0 Å². The summed E-state index contributed by atoms with van der Waals surface area (Å²) >= 11 is 0. The Balaban J connectivity index is 2.30. The van der Waals surface area contributed by atoms with E-state index in [0.717, 1.165) is 0 Å². The van der Waals surface area contributed by atoms with Crippen LogP contribution in [0.4, 0.5) is 0 Å². The van der Waals surface area contributed by atoms with E-state index in [4.69, 9.17) is 14.6 Å². The van der Waals surface area contributed by atoms with Crippen LogP contribution in [-0.4, -0.2) is 31.1 Å². The second-order valence-electron chi connectivity index (χ2n) is 3.19. The van der Waals surface area contributed by atoms with Crippen LogP contribution >= 0.6 is 0 Å². The number of rotatable bonds is 4. The van der Waals surface area contributed by atoms with Gasteiger partial charge in [0.15, 0.2) is 5.79 Å². The fraction of sp³-hybridized carbons (Fsp3) is 0.875. The highest BCUT2D eigenvalue weighted by atomic mass is 16.7. The number of methoxy groups -OCH3 is 2. The summed E-state index contributed by atoms with van der Waals surface area (Å²) in [5.74, 6) is -1.04. The molecule has 0 spiro atoms. The van der Waals surface area contributed by atoms with Crippen molar-refractivity contribution in [2.75, 3.05) is 14.2 Å². The van der Waals surface area contributed by atoms with Gasteiger partial charge in [-0.05, 0) is 5.92 Å². The van der Waals surface area contributed by atoms with Gasteiger partial charge < -0.3 is 14.6 Å². The van der Waals surface area contributed by atoms with Crippen molar-refractivity contribution in [1.29, 1.82) is 0 Å². The Kier molecular flexibility index (Phi) is 2.69. The highest BCUT2D eigenvalue weighted by Gasteiger charge is 2.45. The van der Waals surface area contributed by atoms with Gasteiger partial charge in [-0.15, -0.1) is 0 Å². The Hall–Kier alpha value is -0.610. The summed E-state index contributed by atoms with van der Waals surface area (Å²) in [4.78, 5) is 10.3. The Morgan fingerprint density at radius 2 is 2.00 bits per heavy atom. The second-order valence-corrected chi connectivity index (χ2v) is 3.19. The van der Waals surface area contributed by atoms with Crippen molar-refractivity contribution in [2.45, 2.75) is 25.0 Å². The molecule has 0 aromatic heterocycles. The number of carbonyl (C=O) groups is 1. The van der Waals surface area contributed by atoms with Crippen LogP contribution < -0.4 is 0 Å². The van der Waals surface area contributed by atoms with Crippen LogP contribution in [0.1, 0.15) is 19.3 Å². The van der Waals surface area contributed by atoms with Crippen LogP contribution in [0.2, 0.25) is 0 Å². The van der Waals surface area contributed by atoms with E-state index in [1.807, 2.05) is 0 Å². The zero-order chi connectivity index (χ0) is 9.19. The lowest BCUT2D eigenvalue weighted by Gasteiger charge is -2.44. The maximum absolute atomic E-state index is 10.3. The van der Waals surface area contributed by atoms with Crippen LogP contribution in [0.25, 0.3) is 0 Å². The van der Waals surface area contributed by atoms with Gasteiger partial charge in [-0.1, -0.05) is 0 Å². The van der Waals surface area contributed by atoms with Crippen molar-refractivity contribution < 1.29 is 19.4 Å². The standard InChI is InChI=1S/C8H14O4/c1-11-8(12-2)4-6(5-8)3-7(9)10/h6H,3-5H2,1-2H3,(H,9,10). The van der Waals surface area contributed by atoms with Crippen LogP contribution in [0.3, 0.4) is 0 Å². The van der Waals surface area contributed by atoms with Gasteiger partial charge in [0.1, 0.15) is 0 Å². The third-order valence-corrected chi connectivity index (χ3v) is 2.41. The van der Waals surface area contributed by atoms with Crippen LogP contribution in [-0.2, 0) is 14.3 Å². The number of ether oxygens (including phenoxy) is 2. The van der Waals surface area contributed by atoms with E-state index in [2.05, 4.69) is 0 Å². The molecule has 0 radical (unpaired) electrons. The zero-order valence-electron chi connectivity index (χ0n) is 7.37. The molecule has 1 N–H and O–H groups in total. The van der Waals surface area contributed by atoms with Crippen molar-refractivity contribution in [1.82, 2.24) is 0 Å². The summed E-state index contributed by atoms with van der Waals surface area (Å²) in [6, 6.07) is 0. The van der Waals surface area contributed by atoms with Crippen LogP contribution in [0.15, 0.2) is 0 Å². The summed E-state index contributed by atoms with van der Waals surface area (Å²) < 4.78 is 10.2. The predicted octanol–water partition coefficient (Wildman–Crippen LogP) is 0.860. The lowest BCUT2D eigenvalue weighted by molar-refractivity contribution is -0.270. The fourth-order valence-corrected chi connectivity index (χ4v) is 1.63. The molecule has 4 heteroatoms. The SMILES string of the molecule is COC1(OC)CC(CC(=O)O)C1. The average Bonchev–Trinajstić information content (AvgIpc) is 1.95. The molecule has 0 aromatic rings. The van der Waals surface area contributed by atoms with Crippen molar-refractivity contribution >= 4 is 5.97 Å². The van der Waals surface area contributed by atoms with Gasteiger partial charge in [-0.25, -0.2) is 0 Å². The monoisotopic (exact) mass is 174 g/mol. The predicted molar refractivity (Wildman–Crippen MR) is 41.7 cm³/mol. The Morgan fingerprint density at radius 1 is 1.50 bits per heavy atom. The number of carboxylic acid groups (broad SMARTS) is 1. The summed E-state index contributed by atoms with van der Waals surface area (Å²) in [6.45, 7) is 0. The lowest BCUT2D eigenvalue weighted by atomic mass is 9.77. The smallest absolute Gasteiger partial charge is 0.303 e. The lowest BCUT2D eigenvalue weighted by Crippen LogP contribution is -2.47. The maximum atomic E-state index is 10.3. The number of carboxylic acids is 1. The largest absolute Gasteiger partial charge is 0.481 e. The van der Waals surface area contributed by atoms with E-state index in [1.54, 1.807) is 14.2 Å². The highest BCUT2D eigenvalue weighted by molar-refractivity contribution is 5.67. The molecule has 0 saturated heterocycles. The Morgan fingerprint density at radius 3 is 2.33 bits per heavy atom. The van der Waals surface area contributed by atoms with Gasteiger partial charge >= 0.3 is 5.97 Å². The maximum Gasteiger partial charge on any atom is 0.303 e. The zero-order valence-corrected chi connectivity index (χ0v) is 7.37. The van der Waals surface area contributed by atoms with Crippen molar-refractivity contribution in [3.8, 4) is 0 Å². The van der Waals surface area contributed by atoms with Gasteiger partial charge in [0.25, 0.3) is 0 Å². The van der Waals surface area contributed by atoms with E-state index in [0.29, 0.717) is 12.8 Å². The third kappa shape index (κ3) is 1.76. The molecule has 0 aromatic carbocycles. The summed E-state index contributed by atoms with van der Waals surface area (Å²) in [5, 5.41) is 8.48. The first-order chi connectivity index (χ1) is 5.62. The fourth-order valence-electron chi connectivity index (χ4n) is 1.63. The summed E-state index contributed by atoms with van der Waals surface area (Å²) in [6.07, 6.45) is 1.59.